The summed E-state index contributed by atoms with van der Waals surface area (Å²) < 4.78 is 78.7. The number of carboxylic acid groups (broad SMARTS) is 1. The lowest BCUT2D eigenvalue weighted by Crippen LogP contribution is -2.10. The Balaban J connectivity index is 2.58. The molecule has 0 aliphatic carbocycles. The number of aromatic nitrogens is 1. The third-order valence-electron chi connectivity index (χ3n) is 2.93. The average Bonchev–Trinajstić information content (AvgIpc) is 2.44. The molecule has 2 aromatic rings. The van der Waals surface area contributed by atoms with Gasteiger partial charge in [-0.05, 0) is 17.7 Å². The van der Waals surface area contributed by atoms with Crippen LogP contribution in [0.3, 0.4) is 0 Å². The smallest absolute Gasteiger partial charge is 0.416 e. The topological polar surface area (TPSA) is 50.2 Å². The van der Waals surface area contributed by atoms with Crippen molar-refractivity contribution in [2.45, 2.75) is 12.6 Å². The highest BCUT2D eigenvalue weighted by atomic mass is 19.4. The molecular formula is C14H7F6NO2. The normalized spacial score (nSPS) is 11.6. The van der Waals surface area contributed by atoms with Gasteiger partial charge in [-0.2, -0.15) is 17.6 Å². The highest BCUT2D eigenvalue weighted by Gasteiger charge is 2.30. The van der Waals surface area contributed by atoms with Crippen molar-refractivity contribution in [3.8, 4) is 11.1 Å². The number of hydrogen-bond acceptors (Lipinski definition) is 2. The van der Waals surface area contributed by atoms with Gasteiger partial charge in [0.05, 0.1) is 23.2 Å². The molecule has 0 amide bonds. The van der Waals surface area contributed by atoms with Crippen LogP contribution in [0.2, 0.25) is 0 Å². The first kappa shape index (κ1) is 16.8. The van der Waals surface area contributed by atoms with Gasteiger partial charge in [-0.1, -0.05) is 12.1 Å². The second kappa shape index (κ2) is 5.90. The highest BCUT2D eigenvalue weighted by molar-refractivity contribution is 5.72. The minimum atomic E-state index is -4.65. The Hall–Kier alpha value is -2.58. The second-order valence-corrected chi connectivity index (χ2v) is 4.50. The summed E-state index contributed by atoms with van der Waals surface area (Å²) in [6.45, 7) is 0. The third kappa shape index (κ3) is 3.43. The molecule has 1 aromatic carbocycles. The minimum Gasteiger partial charge on any atom is -0.481 e. The summed E-state index contributed by atoms with van der Waals surface area (Å²) in [5, 5.41) is 8.59. The molecule has 9 heteroatoms. The number of carbonyl (C=O) groups is 1. The van der Waals surface area contributed by atoms with Crippen molar-refractivity contribution in [1.82, 2.24) is 4.98 Å². The number of benzene rings is 1. The van der Waals surface area contributed by atoms with Crippen LogP contribution in [-0.2, 0) is 17.4 Å². The number of hydrogen-bond donors (Lipinski definition) is 1. The van der Waals surface area contributed by atoms with Gasteiger partial charge in [0.25, 0.3) is 0 Å². The largest absolute Gasteiger partial charge is 0.481 e. The molecule has 1 aromatic heterocycles. The average molecular weight is 335 g/mol. The van der Waals surface area contributed by atoms with E-state index in [2.05, 4.69) is 4.98 Å². The van der Waals surface area contributed by atoms with Gasteiger partial charge < -0.3 is 5.11 Å². The number of rotatable bonds is 3. The number of aliphatic carboxylic acids is 1. The summed E-state index contributed by atoms with van der Waals surface area (Å²) in [6.07, 6.45) is -5.65. The van der Waals surface area contributed by atoms with Crippen molar-refractivity contribution < 1.29 is 36.2 Å². The fourth-order valence-electron chi connectivity index (χ4n) is 1.90. The molecule has 23 heavy (non-hydrogen) atoms. The van der Waals surface area contributed by atoms with E-state index in [9.17, 15) is 31.1 Å². The van der Waals surface area contributed by atoms with Crippen LogP contribution in [0.4, 0.5) is 26.3 Å². The van der Waals surface area contributed by atoms with E-state index in [1.165, 1.54) is 0 Å². The van der Waals surface area contributed by atoms with Crippen LogP contribution in [0.15, 0.2) is 24.3 Å². The van der Waals surface area contributed by atoms with Crippen LogP contribution in [0.1, 0.15) is 11.3 Å². The van der Waals surface area contributed by atoms with Gasteiger partial charge in [0, 0.05) is 0 Å². The molecule has 1 N–H and O–H groups in total. The monoisotopic (exact) mass is 335 g/mol. The summed E-state index contributed by atoms with van der Waals surface area (Å²) in [7, 11) is 0. The van der Waals surface area contributed by atoms with Crippen molar-refractivity contribution in [2.24, 2.45) is 0 Å². The van der Waals surface area contributed by atoms with E-state index < -0.39 is 53.0 Å². The fraction of sp³-hybridized carbons (Fsp3) is 0.143. The molecule has 0 saturated carbocycles. The van der Waals surface area contributed by atoms with E-state index in [1.807, 2.05) is 0 Å². The maximum Gasteiger partial charge on any atom is 0.416 e. The second-order valence-electron chi connectivity index (χ2n) is 4.50. The zero-order valence-corrected chi connectivity index (χ0v) is 11.1. The van der Waals surface area contributed by atoms with Gasteiger partial charge in [0.15, 0.2) is 11.6 Å². The van der Waals surface area contributed by atoms with Gasteiger partial charge in [-0.25, -0.2) is 13.8 Å². The Morgan fingerprint density at radius 2 is 1.61 bits per heavy atom. The Bertz CT molecular complexity index is 755. The molecule has 122 valence electrons. The quantitative estimate of drug-likeness (QED) is 0.685. The Labute approximate surface area is 125 Å². The maximum atomic E-state index is 14.1. The molecule has 3 nitrogen and oxygen atoms in total. The summed E-state index contributed by atoms with van der Waals surface area (Å²) in [5.74, 6) is -6.42. The lowest BCUT2D eigenvalue weighted by Gasteiger charge is -2.11. The van der Waals surface area contributed by atoms with E-state index in [0.717, 1.165) is 12.1 Å². The summed E-state index contributed by atoms with van der Waals surface area (Å²) in [4.78, 5) is 13.5. The van der Waals surface area contributed by atoms with Crippen molar-refractivity contribution in [3.63, 3.8) is 0 Å². The molecule has 0 radical (unpaired) electrons. The van der Waals surface area contributed by atoms with Crippen molar-refractivity contribution >= 4 is 5.97 Å². The van der Waals surface area contributed by atoms with Crippen molar-refractivity contribution in [2.75, 3.05) is 0 Å². The molecule has 2 rings (SSSR count). The minimum absolute atomic E-state index is 0.374. The van der Waals surface area contributed by atoms with Gasteiger partial charge in [-0.15, -0.1) is 0 Å². The molecule has 0 fully saturated rings. The lowest BCUT2D eigenvalue weighted by molar-refractivity contribution is -0.138. The van der Waals surface area contributed by atoms with Gasteiger partial charge >= 0.3 is 12.1 Å². The zero-order chi connectivity index (χ0) is 17.4. The number of halogens is 6. The van der Waals surface area contributed by atoms with Crippen LogP contribution in [0.25, 0.3) is 11.1 Å². The molecule has 0 saturated heterocycles. The molecule has 0 unspecified atom stereocenters. The standard InChI is InChI=1S/C14H7F6NO2/c15-11-8(5-9(22)23)21-13(17)12(16)10(11)6-1-3-7(4-2-6)14(18,19)20/h1-4H,5H2,(H,22,23). The molecular weight excluding hydrogens is 328 g/mol. The Morgan fingerprint density at radius 3 is 2.09 bits per heavy atom. The number of alkyl halides is 3. The van der Waals surface area contributed by atoms with E-state index >= 15 is 0 Å². The van der Waals surface area contributed by atoms with E-state index in [1.54, 1.807) is 0 Å². The van der Waals surface area contributed by atoms with Crippen LogP contribution in [0.5, 0.6) is 0 Å². The van der Waals surface area contributed by atoms with E-state index in [-0.39, 0.29) is 5.56 Å². The summed E-state index contributed by atoms with van der Waals surface area (Å²) >= 11 is 0. The predicted molar refractivity (Wildman–Crippen MR) is 65.9 cm³/mol. The lowest BCUT2D eigenvalue weighted by atomic mass is 10.0. The molecule has 1 heterocycles. The van der Waals surface area contributed by atoms with Crippen LogP contribution in [0, 0.1) is 17.6 Å². The van der Waals surface area contributed by atoms with E-state index in [0.29, 0.717) is 12.1 Å². The highest BCUT2D eigenvalue weighted by Crippen LogP contribution is 2.33. The molecule has 0 aliphatic heterocycles. The third-order valence-corrected chi connectivity index (χ3v) is 2.93. The van der Waals surface area contributed by atoms with E-state index in [4.69, 9.17) is 5.11 Å². The first-order chi connectivity index (χ1) is 10.6. The van der Waals surface area contributed by atoms with Crippen molar-refractivity contribution in [1.29, 1.82) is 0 Å². The molecule has 0 spiro atoms. The van der Waals surface area contributed by atoms with Crippen LogP contribution < -0.4 is 0 Å². The van der Waals surface area contributed by atoms with Gasteiger partial charge in [-0.3, -0.25) is 4.79 Å². The first-order valence-corrected chi connectivity index (χ1v) is 6.04. The Kier molecular flexibility index (Phi) is 4.31. The first-order valence-electron chi connectivity index (χ1n) is 6.04. The zero-order valence-electron chi connectivity index (χ0n) is 11.1. The Morgan fingerprint density at radius 1 is 1.04 bits per heavy atom. The number of nitrogens with zero attached hydrogens (tertiary/aromatic N) is 1. The van der Waals surface area contributed by atoms with Crippen LogP contribution in [-0.4, -0.2) is 16.1 Å². The number of carboxylic acids is 1. The number of pyridine rings is 1. The van der Waals surface area contributed by atoms with Crippen LogP contribution >= 0.6 is 0 Å². The fourth-order valence-corrected chi connectivity index (χ4v) is 1.90. The SMILES string of the molecule is O=C(O)Cc1nc(F)c(F)c(-c2ccc(C(F)(F)F)cc2)c1F. The summed E-state index contributed by atoms with van der Waals surface area (Å²) in [5.41, 5.74) is -3.25. The van der Waals surface area contributed by atoms with Crippen molar-refractivity contribution in [3.05, 3.63) is 53.1 Å². The maximum absolute atomic E-state index is 14.1. The molecule has 0 atom stereocenters. The molecule has 0 aliphatic rings. The summed E-state index contributed by atoms with van der Waals surface area (Å²) in [6, 6.07) is 2.66. The molecule has 0 bridgehead atoms. The van der Waals surface area contributed by atoms with Gasteiger partial charge in [0.1, 0.15) is 0 Å². The predicted octanol–water partition coefficient (Wildman–Crippen LogP) is 3.81. The van der Waals surface area contributed by atoms with Gasteiger partial charge in [0.2, 0.25) is 5.95 Å².